The summed E-state index contributed by atoms with van der Waals surface area (Å²) in [6.45, 7) is 1.32. The van der Waals surface area contributed by atoms with Gasteiger partial charge in [0.05, 0.1) is 5.56 Å². The van der Waals surface area contributed by atoms with Gasteiger partial charge < -0.3 is 5.11 Å². The van der Waals surface area contributed by atoms with E-state index in [1.54, 1.807) is 18.2 Å². The van der Waals surface area contributed by atoms with E-state index in [0.29, 0.717) is 10.6 Å². The fourth-order valence-corrected chi connectivity index (χ4v) is 2.29. The van der Waals surface area contributed by atoms with E-state index < -0.39 is 17.3 Å². The minimum atomic E-state index is -4.53. The molecule has 0 bridgehead atoms. The Hall–Kier alpha value is -1.52. The number of rotatable bonds is 2. The van der Waals surface area contributed by atoms with Crippen LogP contribution in [-0.4, -0.2) is 5.11 Å². The van der Waals surface area contributed by atoms with Gasteiger partial charge >= 0.3 is 6.18 Å². The largest absolute Gasteiger partial charge is 0.416 e. The lowest BCUT2D eigenvalue weighted by atomic mass is 9.85. The standard InChI is InChI=1S/C15H12ClF3O/c1-14(20,10-5-4-6-11(16)9-10)12-7-2-3-8-13(12)15(17,18)19/h2-9,20H,1H3. The summed E-state index contributed by atoms with van der Waals surface area (Å²) in [6.07, 6.45) is -4.53. The third kappa shape index (κ3) is 2.81. The summed E-state index contributed by atoms with van der Waals surface area (Å²) in [5.74, 6) is 0. The second kappa shape index (κ2) is 5.11. The van der Waals surface area contributed by atoms with Crippen molar-refractivity contribution in [3.63, 3.8) is 0 Å². The van der Waals surface area contributed by atoms with Crippen molar-refractivity contribution in [3.8, 4) is 0 Å². The van der Waals surface area contributed by atoms with Crippen molar-refractivity contribution >= 4 is 11.6 Å². The van der Waals surface area contributed by atoms with E-state index in [0.717, 1.165) is 6.07 Å². The maximum atomic E-state index is 13.0. The second-order valence-corrected chi connectivity index (χ2v) is 5.06. The van der Waals surface area contributed by atoms with E-state index in [1.165, 1.54) is 31.2 Å². The molecule has 0 saturated heterocycles. The summed E-state index contributed by atoms with van der Waals surface area (Å²) in [7, 11) is 0. The molecule has 0 aliphatic carbocycles. The molecule has 0 radical (unpaired) electrons. The fraction of sp³-hybridized carbons (Fsp3) is 0.200. The van der Waals surface area contributed by atoms with Crippen LogP contribution in [0.25, 0.3) is 0 Å². The summed E-state index contributed by atoms with van der Waals surface area (Å²) in [4.78, 5) is 0. The summed E-state index contributed by atoms with van der Waals surface area (Å²) in [6, 6.07) is 11.1. The molecule has 106 valence electrons. The van der Waals surface area contributed by atoms with Crippen LogP contribution < -0.4 is 0 Å². The average molecular weight is 301 g/mol. The first-order valence-electron chi connectivity index (χ1n) is 5.88. The molecule has 0 saturated carbocycles. The van der Waals surface area contributed by atoms with E-state index in [4.69, 9.17) is 11.6 Å². The predicted octanol–water partition coefficient (Wildman–Crippen LogP) is 4.61. The first-order valence-corrected chi connectivity index (χ1v) is 6.26. The van der Waals surface area contributed by atoms with E-state index >= 15 is 0 Å². The van der Waals surface area contributed by atoms with Gasteiger partial charge in [0.25, 0.3) is 0 Å². The van der Waals surface area contributed by atoms with Gasteiger partial charge in [0.1, 0.15) is 5.60 Å². The van der Waals surface area contributed by atoms with Gasteiger partial charge in [-0.25, -0.2) is 0 Å². The number of alkyl halides is 3. The summed E-state index contributed by atoms with van der Waals surface area (Å²) in [5, 5.41) is 10.9. The van der Waals surface area contributed by atoms with Crippen LogP contribution >= 0.6 is 11.6 Å². The molecule has 1 nitrogen and oxygen atoms in total. The zero-order valence-corrected chi connectivity index (χ0v) is 11.3. The molecule has 0 aliphatic heterocycles. The van der Waals surface area contributed by atoms with Gasteiger partial charge in [0.15, 0.2) is 0 Å². The summed E-state index contributed by atoms with van der Waals surface area (Å²) in [5.41, 5.74) is -2.53. The molecule has 0 aliphatic rings. The molecule has 2 aromatic rings. The zero-order valence-electron chi connectivity index (χ0n) is 10.6. The highest BCUT2D eigenvalue weighted by molar-refractivity contribution is 6.30. The Balaban J connectivity index is 2.61. The lowest BCUT2D eigenvalue weighted by Crippen LogP contribution is -2.26. The zero-order chi connectivity index (χ0) is 15.0. The van der Waals surface area contributed by atoms with Gasteiger partial charge in [-0.15, -0.1) is 0 Å². The Morgan fingerprint density at radius 1 is 0.950 bits per heavy atom. The van der Waals surface area contributed by atoms with Crippen molar-refractivity contribution < 1.29 is 18.3 Å². The number of aliphatic hydroxyl groups is 1. The monoisotopic (exact) mass is 300 g/mol. The van der Waals surface area contributed by atoms with Crippen LogP contribution in [0.2, 0.25) is 5.02 Å². The highest BCUT2D eigenvalue weighted by Gasteiger charge is 2.39. The van der Waals surface area contributed by atoms with Crippen LogP contribution in [0.4, 0.5) is 13.2 Å². The van der Waals surface area contributed by atoms with Crippen LogP contribution in [0.3, 0.4) is 0 Å². The van der Waals surface area contributed by atoms with Crippen LogP contribution in [0.1, 0.15) is 23.6 Å². The predicted molar refractivity (Wildman–Crippen MR) is 71.6 cm³/mol. The van der Waals surface area contributed by atoms with E-state index in [2.05, 4.69) is 0 Å². The van der Waals surface area contributed by atoms with Crippen molar-refractivity contribution in [2.75, 3.05) is 0 Å². The third-order valence-corrected chi connectivity index (χ3v) is 3.38. The van der Waals surface area contributed by atoms with Crippen molar-refractivity contribution in [3.05, 3.63) is 70.2 Å². The van der Waals surface area contributed by atoms with Gasteiger partial charge in [0.2, 0.25) is 0 Å². The maximum Gasteiger partial charge on any atom is 0.416 e. The number of halogens is 4. The van der Waals surface area contributed by atoms with Crippen LogP contribution in [-0.2, 0) is 11.8 Å². The van der Waals surface area contributed by atoms with Gasteiger partial charge in [-0.1, -0.05) is 41.9 Å². The van der Waals surface area contributed by atoms with Crippen LogP contribution in [0.15, 0.2) is 48.5 Å². The quantitative estimate of drug-likeness (QED) is 0.858. The Kier molecular flexibility index (Phi) is 3.80. The Morgan fingerprint density at radius 3 is 2.10 bits per heavy atom. The normalized spacial score (nSPS) is 14.9. The average Bonchev–Trinajstić information content (AvgIpc) is 2.38. The molecular weight excluding hydrogens is 289 g/mol. The Bertz CT molecular complexity index is 621. The topological polar surface area (TPSA) is 20.2 Å². The molecule has 1 unspecified atom stereocenters. The second-order valence-electron chi connectivity index (χ2n) is 4.63. The fourth-order valence-electron chi connectivity index (χ4n) is 2.10. The van der Waals surface area contributed by atoms with Crippen LogP contribution in [0, 0.1) is 0 Å². The van der Waals surface area contributed by atoms with Crippen molar-refractivity contribution in [2.45, 2.75) is 18.7 Å². The minimum absolute atomic E-state index is 0.199. The van der Waals surface area contributed by atoms with Crippen molar-refractivity contribution in [2.24, 2.45) is 0 Å². The molecule has 0 aromatic heterocycles. The Labute approximate surface area is 119 Å². The SMILES string of the molecule is CC(O)(c1cccc(Cl)c1)c1ccccc1C(F)(F)F. The third-order valence-electron chi connectivity index (χ3n) is 3.14. The van der Waals surface area contributed by atoms with Gasteiger partial charge in [-0.2, -0.15) is 13.2 Å². The van der Waals surface area contributed by atoms with E-state index in [-0.39, 0.29) is 5.56 Å². The molecular formula is C15H12ClF3O. The van der Waals surface area contributed by atoms with Crippen molar-refractivity contribution in [1.82, 2.24) is 0 Å². The summed E-state index contributed by atoms with van der Waals surface area (Å²) >= 11 is 5.83. The molecule has 1 atom stereocenters. The first-order chi connectivity index (χ1) is 9.23. The van der Waals surface area contributed by atoms with E-state index in [1.807, 2.05) is 0 Å². The van der Waals surface area contributed by atoms with Gasteiger partial charge in [0, 0.05) is 5.02 Å². The molecule has 0 fully saturated rings. The highest BCUT2D eigenvalue weighted by atomic mass is 35.5. The number of benzene rings is 2. The summed E-state index contributed by atoms with van der Waals surface area (Å²) < 4.78 is 39.1. The molecule has 0 spiro atoms. The van der Waals surface area contributed by atoms with E-state index in [9.17, 15) is 18.3 Å². The molecule has 5 heteroatoms. The van der Waals surface area contributed by atoms with Gasteiger partial charge in [-0.05, 0) is 36.2 Å². The van der Waals surface area contributed by atoms with Crippen molar-refractivity contribution in [1.29, 1.82) is 0 Å². The smallest absolute Gasteiger partial charge is 0.381 e. The number of hydrogen-bond acceptors (Lipinski definition) is 1. The molecule has 0 amide bonds. The molecule has 2 rings (SSSR count). The lowest BCUT2D eigenvalue weighted by Gasteiger charge is -2.27. The minimum Gasteiger partial charge on any atom is -0.381 e. The highest BCUT2D eigenvalue weighted by Crippen LogP contribution is 2.39. The molecule has 1 N–H and O–H groups in total. The molecule has 20 heavy (non-hydrogen) atoms. The molecule has 0 heterocycles. The van der Waals surface area contributed by atoms with Crippen LogP contribution in [0.5, 0.6) is 0 Å². The van der Waals surface area contributed by atoms with Gasteiger partial charge in [-0.3, -0.25) is 0 Å². The number of hydrogen-bond donors (Lipinski definition) is 1. The first kappa shape index (κ1) is 14.9. The molecule has 2 aromatic carbocycles. The Morgan fingerprint density at radius 2 is 1.55 bits per heavy atom. The maximum absolute atomic E-state index is 13.0. The lowest BCUT2D eigenvalue weighted by molar-refractivity contribution is -0.139.